The van der Waals surface area contributed by atoms with E-state index in [2.05, 4.69) is 123 Å². The predicted octanol–water partition coefficient (Wildman–Crippen LogP) is 3.35. The third kappa shape index (κ3) is 4.68. The highest BCUT2D eigenvalue weighted by atomic mass is 35.5. The third-order valence-corrected chi connectivity index (χ3v) is 10.6. The zero-order valence-corrected chi connectivity index (χ0v) is 20.7. The van der Waals surface area contributed by atoms with Crippen LogP contribution in [-0.4, -0.2) is 0 Å². The number of unbranched alkanes of at least 4 members (excludes halogenated alkanes) is 2. The first-order valence-electron chi connectivity index (χ1n) is 11.4. The monoisotopic (exact) mass is 458 g/mol. The molecular weight excluding hydrogens is 427 g/mol. The average Bonchev–Trinajstić information content (AvgIpc) is 2.83. The highest BCUT2D eigenvalue weighted by Gasteiger charge is 2.49. The molecule has 0 unspecified atom stereocenters. The van der Waals surface area contributed by atoms with Gasteiger partial charge >= 0.3 is 0 Å². The van der Waals surface area contributed by atoms with Crippen LogP contribution in [0.3, 0.4) is 0 Å². The lowest BCUT2D eigenvalue weighted by molar-refractivity contribution is -0.00000616. The molecule has 4 aromatic rings. The molecule has 0 nitrogen and oxygen atoms in total. The van der Waals surface area contributed by atoms with Crippen LogP contribution in [0, 0.1) is 6.92 Å². The van der Waals surface area contributed by atoms with Crippen LogP contribution in [0.5, 0.6) is 0 Å². The van der Waals surface area contributed by atoms with E-state index in [1.54, 1.807) is 5.56 Å². The van der Waals surface area contributed by atoms with Crippen LogP contribution in [0.4, 0.5) is 0 Å². The summed E-state index contributed by atoms with van der Waals surface area (Å²) >= 11 is 0. The van der Waals surface area contributed by atoms with E-state index >= 15 is 0 Å². The number of benzene rings is 4. The summed E-state index contributed by atoms with van der Waals surface area (Å²) in [5.41, 5.74) is 2.96. The fourth-order valence-electron chi connectivity index (χ4n) is 4.70. The summed E-state index contributed by atoms with van der Waals surface area (Å²) in [6.45, 7) is 4.58. The molecule has 0 aliphatic carbocycles. The zero-order chi connectivity index (χ0) is 21.5. The molecule has 0 aromatic heterocycles. The van der Waals surface area contributed by atoms with Crippen LogP contribution in [0.15, 0.2) is 109 Å². The Morgan fingerprint density at radius 3 is 1.47 bits per heavy atom. The first-order chi connectivity index (χ1) is 15.3. The van der Waals surface area contributed by atoms with Gasteiger partial charge in [0, 0.05) is 0 Å². The summed E-state index contributed by atoms with van der Waals surface area (Å²) in [6.07, 6.45) is 4.91. The molecule has 4 rings (SSSR count). The van der Waals surface area contributed by atoms with E-state index in [9.17, 15) is 0 Å². The van der Waals surface area contributed by atoms with Gasteiger partial charge in [0.25, 0.3) is 0 Å². The minimum atomic E-state index is -2.02. The molecule has 32 heavy (non-hydrogen) atoms. The second-order valence-electron chi connectivity index (χ2n) is 8.21. The third-order valence-electron chi connectivity index (χ3n) is 6.21. The summed E-state index contributed by atoms with van der Waals surface area (Å²) in [6, 6.07) is 40.6. The highest BCUT2D eigenvalue weighted by molar-refractivity contribution is 8.01. The van der Waals surface area contributed by atoms with Gasteiger partial charge in [-0.3, -0.25) is 0 Å². The Morgan fingerprint density at radius 2 is 1.03 bits per heavy atom. The average molecular weight is 459 g/mol. The maximum atomic E-state index is 2.41. The number of halogens is 1. The van der Waals surface area contributed by atoms with Crippen LogP contribution < -0.4 is 33.6 Å². The van der Waals surface area contributed by atoms with Gasteiger partial charge < -0.3 is 12.4 Å². The Bertz CT molecular complexity index is 995. The summed E-state index contributed by atoms with van der Waals surface area (Å²) in [7, 11) is -2.02. The molecular formula is C30H32ClP. The van der Waals surface area contributed by atoms with Crippen molar-refractivity contribution in [1.29, 1.82) is 0 Å². The topological polar surface area (TPSA) is 0 Å². The van der Waals surface area contributed by atoms with Crippen molar-refractivity contribution in [3.8, 4) is 0 Å². The Balaban J connectivity index is 0.00000289. The van der Waals surface area contributed by atoms with E-state index in [1.165, 1.54) is 46.0 Å². The minimum absolute atomic E-state index is 0. The quantitative estimate of drug-likeness (QED) is 0.280. The maximum Gasteiger partial charge on any atom is 0.144 e. The molecule has 0 bridgehead atoms. The molecule has 0 aliphatic rings. The normalized spacial score (nSPS) is 11.1. The van der Waals surface area contributed by atoms with Gasteiger partial charge in [0.05, 0.1) is 0 Å². The number of rotatable bonds is 8. The highest BCUT2D eigenvalue weighted by Crippen LogP contribution is 2.55. The second kappa shape index (κ2) is 11.5. The van der Waals surface area contributed by atoms with Crippen LogP contribution in [0.2, 0.25) is 0 Å². The lowest BCUT2D eigenvalue weighted by Gasteiger charge is -2.30. The van der Waals surface area contributed by atoms with Crippen molar-refractivity contribution < 1.29 is 12.4 Å². The standard InChI is InChI=1S/C30H32P.ClH/c1-3-4-8-23-29-25(2)16-15-24-30(29)31(26-17-9-5-10-18-26,27-19-11-6-12-20-27)28-21-13-7-14-22-28;/h5-7,9-22,24H,3-4,8,23H2,1-2H3;1H/q+1;/p-1. The van der Waals surface area contributed by atoms with Crippen LogP contribution in [0.25, 0.3) is 0 Å². The van der Waals surface area contributed by atoms with Gasteiger partial charge in [-0.1, -0.05) is 86.5 Å². The van der Waals surface area contributed by atoms with Gasteiger partial charge in [0.2, 0.25) is 0 Å². The van der Waals surface area contributed by atoms with Gasteiger partial charge in [-0.2, -0.15) is 0 Å². The van der Waals surface area contributed by atoms with Gasteiger partial charge in [-0.15, -0.1) is 0 Å². The van der Waals surface area contributed by atoms with E-state index in [4.69, 9.17) is 0 Å². The Morgan fingerprint density at radius 1 is 0.562 bits per heavy atom. The Labute approximate surface area is 200 Å². The van der Waals surface area contributed by atoms with Crippen LogP contribution >= 0.6 is 7.26 Å². The van der Waals surface area contributed by atoms with E-state index < -0.39 is 7.26 Å². The van der Waals surface area contributed by atoms with Gasteiger partial charge in [0.15, 0.2) is 0 Å². The van der Waals surface area contributed by atoms with Crippen molar-refractivity contribution in [2.24, 2.45) is 0 Å². The maximum absolute atomic E-state index is 2.41. The van der Waals surface area contributed by atoms with E-state index in [-0.39, 0.29) is 12.4 Å². The molecule has 2 heteroatoms. The van der Waals surface area contributed by atoms with Crippen LogP contribution in [-0.2, 0) is 6.42 Å². The number of aryl methyl sites for hydroxylation is 1. The lowest BCUT2D eigenvalue weighted by atomic mass is 10.0. The van der Waals surface area contributed by atoms with Crippen LogP contribution in [0.1, 0.15) is 37.3 Å². The van der Waals surface area contributed by atoms with Crippen molar-refractivity contribution in [2.45, 2.75) is 39.5 Å². The Kier molecular flexibility index (Phi) is 8.68. The van der Waals surface area contributed by atoms with Gasteiger partial charge in [0.1, 0.15) is 28.5 Å². The fraction of sp³-hybridized carbons (Fsp3) is 0.200. The SMILES string of the molecule is CCCCCc1c(C)cccc1[P+](c1ccccc1)(c1ccccc1)c1ccccc1.[Cl-]. The van der Waals surface area contributed by atoms with Crippen molar-refractivity contribution in [2.75, 3.05) is 0 Å². The molecule has 0 heterocycles. The van der Waals surface area contributed by atoms with Crippen molar-refractivity contribution in [3.05, 3.63) is 120 Å². The number of hydrogen-bond donors (Lipinski definition) is 0. The molecule has 0 N–H and O–H groups in total. The first kappa shape index (κ1) is 24.2. The molecule has 164 valence electrons. The minimum Gasteiger partial charge on any atom is -1.00 e. The molecule has 0 saturated carbocycles. The summed E-state index contributed by atoms with van der Waals surface area (Å²) in [5, 5.41) is 5.80. The summed E-state index contributed by atoms with van der Waals surface area (Å²) in [4.78, 5) is 0. The van der Waals surface area contributed by atoms with Crippen molar-refractivity contribution in [3.63, 3.8) is 0 Å². The van der Waals surface area contributed by atoms with Gasteiger partial charge in [-0.25, -0.2) is 0 Å². The molecule has 0 fully saturated rings. The molecule has 4 aromatic carbocycles. The Hall–Kier alpha value is -2.40. The number of hydrogen-bond acceptors (Lipinski definition) is 0. The fourth-order valence-corrected chi connectivity index (χ4v) is 9.29. The summed E-state index contributed by atoms with van der Waals surface area (Å²) in [5.74, 6) is 0. The molecule has 0 saturated heterocycles. The largest absolute Gasteiger partial charge is 1.00 e. The first-order valence-corrected chi connectivity index (χ1v) is 13.2. The molecule has 0 amide bonds. The van der Waals surface area contributed by atoms with Crippen molar-refractivity contribution in [1.82, 2.24) is 0 Å². The lowest BCUT2D eigenvalue weighted by Crippen LogP contribution is -3.00. The second-order valence-corrected chi connectivity index (χ2v) is 11.6. The molecule has 0 radical (unpaired) electrons. The van der Waals surface area contributed by atoms with E-state index in [1.807, 2.05) is 0 Å². The zero-order valence-electron chi connectivity index (χ0n) is 19.0. The smallest absolute Gasteiger partial charge is 0.144 e. The molecule has 0 spiro atoms. The van der Waals surface area contributed by atoms with Gasteiger partial charge in [-0.05, 0) is 73.4 Å². The van der Waals surface area contributed by atoms with E-state index in [0.29, 0.717) is 0 Å². The summed E-state index contributed by atoms with van der Waals surface area (Å²) < 4.78 is 0. The molecule has 0 aliphatic heterocycles. The molecule has 0 atom stereocenters. The van der Waals surface area contributed by atoms with Crippen molar-refractivity contribution >= 4 is 28.5 Å². The van der Waals surface area contributed by atoms with E-state index in [0.717, 1.165) is 6.42 Å². The predicted molar refractivity (Wildman–Crippen MR) is 139 cm³/mol.